The van der Waals surface area contributed by atoms with Crippen molar-refractivity contribution in [2.75, 3.05) is 12.3 Å². The van der Waals surface area contributed by atoms with Gasteiger partial charge in [-0.2, -0.15) is 11.8 Å². The van der Waals surface area contributed by atoms with Crippen LogP contribution >= 0.6 is 11.8 Å². The van der Waals surface area contributed by atoms with E-state index in [1.807, 2.05) is 0 Å². The number of nitrogens with two attached hydrogens (primary N) is 1. The van der Waals surface area contributed by atoms with Crippen molar-refractivity contribution >= 4 is 11.8 Å². The summed E-state index contributed by atoms with van der Waals surface area (Å²) < 4.78 is 6.24. The molecule has 0 aromatic rings. The number of hydrogen-bond acceptors (Lipinski definition) is 3. The molecule has 82 valence electrons. The first kappa shape index (κ1) is 10.8. The van der Waals surface area contributed by atoms with Crippen LogP contribution in [0.1, 0.15) is 39.0 Å². The van der Waals surface area contributed by atoms with Crippen molar-refractivity contribution < 1.29 is 4.74 Å². The summed E-state index contributed by atoms with van der Waals surface area (Å²) in [6.45, 7) is 3.00. The molecule has 3 unspecified atom stereocenters. The smallest absolute Gasteiger partial charge is 0.0593 e. The zero-order chi connectivity index (χ0) is 10.0. The van der Waals surface area contributed by atoms with Crippen molar-refractivity contribution in [2.24, 2.45) is 5.73 Å². The molecule has 2 heterocycles. The predicted molar refractivity (Wildman–Crippen MR) is 61.7 cm³/mol. The molecule has 0 aromatic heterocycles. The Labute approximate surface area is 91.0 Å². The fraction of sp³-hybridized carbons (Fsp3) is 1.00. The summed E-state index contributed by atoms with van der Waals surface area (Å²) in [5.41, 5.74) is 5.91. The van der Waals surface area contributed by atoms with Gasteiger partial charge < -0.3 is 10.5 Å². The van der Waals surface area contributed by atoms with Crippen LogP contribution < -0.4 is 5.73 Å². The minimum atomic E-state index is 0.356. The van der Waals surface area contributed by atoms with E-state index in [0.717, 1.165) is 6.54 Å². The maximum Gasteiger partial charge on any atom is 0.0593 e. The van der Waals surface area contributed by atoms with Gasteiger partial charge in [-0.05, 0) is 44.8 Å². The Balaban J connectivity index is 1.88. The van der Waals surface area contributed by atoms with Crippen LogP contribution in [0.25, 0.3) is 0 Å². The lowest BCUT2D eigenvalue weighted by Crippen LogP contribution is -2.35. The van der Waals surface area contributed by atoms with E-state index in [1.165, 1.54) is 37.9 Å². The standard InChI is InChI=1S/C11H21NOS/c1-9-3-4-10(13-9)7-11(8-12)5-2-6-14-11/h9-10H,2-8,12H2,1H3. The second-order valence-corrected chi connectivity index (χ2v) is 6.25. The minimum Gasteiger partial charge on any atom is -0.375 e. The highest BCUT2D eigenvalue weighted by Crippen LogP contribution is 2.43. The molecule has 2 N–H and O–H groups in total. The van der Waals surface area contributed by atoms with Gasteiger partial charge in [0.1, 0.15) is 0 Å². The van der Waals surface area contributed by atoms with Crippen LogP contribution in [0.5, 0.6) is 0 Å². The topological polar surface area (TPSA) is 35.2 Å². The average Bonchev–Trinajstić information content (AvgIpc) is 2.77. The van der Waals surface area contributed by atoms with Crippen LogP contribution in [0.15, 0.2) is 0 Å². The van der Waals surface area contributed by atoms with E-state index < -0.39 is 0 Å². The highest BCUT2D eigenvalue weighted by molar-refractivity contribution is 8.00. The molecule has 2 nitrogen and oxygen atoms in total. The molecule has 0 aliphatic carbocycles. The number of ether oxygens (including phenoxy) is 1. The molecule has 0 bridgehead atoms. The summed E-state index contributed by atoms with van der Waals surface area (Å²) in [5, 5.41) is 0. The van der Waals surface area contributed by atoms with Gasteiger partial charge >= 0.3 is 0 Å². The third kappa shape index (κ3) is 2.26. The van der Waals surface area contributed by atoms with Gasteiger partial charge in [0, 0.05) is 11.3 Å². The summed E-state index contributed by atoms with van der Waals surface area (Å²) in [4.78, 5) is 0. The molecule has 2 saturated heterocycles. The summed E-state index contributed by atoms with van der Waals surface area (Å²) >= 11 is 2.07. The van der Waals surface area contributed by atoms with Gasteiger partial charge in [-0.25, -0.2) is 0 Å². The SMILES string of the molecule is CC1CCC(CC2(CN)CCCS2)O1. The monoisotopic (exact) mass is 215 g/mol. The van der Waals surface area contributed by atoms with E-state index in [0.29, 0.717) is 17.0 Å². The van der Waals surface area contributed by atoms with Crippen molar-refractivity contribution in [2.45, 2.75) is 56.0 Å². The molecule has 3 atom stereocenters. The van der Waals surface area contributed by atoms with Crippen molar-refractivity contribution in [3.05, 3.63) is 0 Å². The molecular weight excluding hydrogens is 194 g/mol. The molecule has 14 heavy (non-hydrogen) atoms. The Morgan fingerprint density at radius 1 is 1.50 bits per heavy atom. The van der Waals surface area contributed by atoms with Crippen LogP contribution in [0, 0.1) is 0 Å². The van der Waals surface area contributed by atoms with Gasteiger partial charge in [-0.3, -0.25) is 0 Å². The zero-order valence-electron chi connectivity index (χ0n) is 9.00. The molecule has 3 heteroatoms. The van der Waals surface area contributed by atoms with Gasteiger partial charge in [0.05, 0.1) is 12.2 Å². The lowest BCUT2D eigenvalue weighted by molar-refractivity contribution is 0.0447. The molecule has 0 aromatic carbocycles. The van der Waals surface area contributed by atoms with Crippen molar-refractivity contribution in [3.63, 3.8) is 0 Å². The maximum atomic E-state index is 5.91. The Hall–Kier alpha value is 0.270. The zero-order valence-corrected chi connectivity index (χ0v) is 9.81. The van der Waals surface area contributed by atoms with Crippen LogP contribution in [-0.2, 0) is 4.74 Å². The molecule has 0 saturated carbocycles. The molecule has 2 rings (SSSR count). The van der Waals surface area contributed by atoms with Crippen molar-refractivity contribution in [3.8, 4) is 0 Å². The average molecular weight is 215 g/mol. The van der Waals surface area contributed by atoms with Gasteiger partial charge in [0.2, 0.25) is 0 Å². The number of thioether (sulfide) groups is 1. The second-order valence-electron chi connectivity index (χ2n) is 4.69. The van der Waals surface area contributed by atoms with E-state index in [1.54, 1.807) is 0 Å². The van der Waals surface area contributed by atoms with Crippen molar-refractivity contribution in [1.82, 2.24) is 0 Å². The quantitative estimate of drug-likeness (QED) is 0.783. The van der Waals surface area contributed by atoms with Gasteiger partial charge in [-0.1, -0.05) is 0 Å². The van der Waals surface area contributed by atoms with E-state index in [9.17, 15) is 0 Å². The Kier molecular flexibility index (Phi) is 3.40. The van der Waals surface area contributed by atoms with E-state index >= 15 is 0 Å². The normalized spacial score (nSPS) is 43.3. The second kappa shape index (κ2) is 4.42. The molecule has 2 fully saturated rings. The first-order valence-corrected chi connectivity index (χ1v) is 6.72. The van der Waals surface area contributed by atoms with Crippen LogP contribution in [0.2, 0.25) is 0 Å². The number of hydrogen-bond donors (Lipinski definition) is 1. The third-order valence-electron chi connectivity index (χ3n) is 3.48. The third-order valence-corrected chi connectivity index (χ3v) is 5.12. The van der Waals surface area contributed by atoms with Crippen LogP contribution in [0.3, 0.4) is 0 Å². The molecule has 2 aliphatic rings. The molecule has 0 amide bonds. The molecular formula is C11H21NOS. The Bertz CT molecular complexity index is 192. The highest BCUT2D eigenvalue weighted by atomic mass is 32.2. The van der Waals surface area contributed by atoms with Gasteiger partial charge in [0.15, 0.2) is 0 Å². The first-order valence-electron chi connectivity index (χ1n) is 5.74. The highest BCUT2D eigenvalue weighted by Gasteiger charge is 2.37. The summed E-state index contributed by atoms with van der Waals surface area (Å²) in [6.07, 6.45) is 7.24. The van der Waals surface area contributed by atoms with Crippen LogP contribution in [-0.4, -0.2) is 29.3 Å². The largest absolute Gasteiger partial charge is 0.375 e. The first-order chi connectivity index (χ1) is 6.74. The van der Waals surface area contributed by atoms with Gasteiger partial charge in [0.25, 0.3) is 0 Å². The van der Waals surface area contributed by atoms with E-state index in [-0.39, 0.29) is 0 Å². The fourth-order valence-corrected chi connectivity index (χ4v) is 4.04. The lowest BCUT2D eigenvalue weighted by atomic mass is 9.95. The lowest BCUT2D eigenvalue weighted by Gasteiger charge is -2.29. The maximum absolute atomic E-state index is 5.91. The minimum absolute atomic E-state index is 0.356. The van der Waals surface area contributed by atoms with Gasteiger partial charge in [-0.15, -0.1) is 0 Å². The Morgan fingerprint density at radius 2 is 2.36 bits per heavy atom. The summed E-state index contributed by atoms with van der Waals surface area (Å²) in [6, 6.07) is 0. The molecule has 0 spiro atoms. The van der Waals surface area contributed by atoms with Crippen LogP contribution in [0.4, 0.5) is 0 Å². The molecule has 2 aliphatic heterocycles. The van der Waals surface area contributed by atoms with Crippen molar-refractivity contribution in [1.29, 1.82) is 0 Å². The molecule has 0 radical (unpaired) electrons. The Morgan fingerprint density at radius 3 is 2.86 bits per heavy atom. The summed E-state index contributed by atoms with van der Waals surface area (Å²) in [7, 11) is 0. The predicted octanol–water partition coefficient (Wildman–Crippen LogP) is 2.17. The van der Waals surface area contributed by atoms with E-state index in [2.05, 4.69) is 18.7 Å². The number of rotatable bonds is 3. The summed E-state index contributed by atoms with van der Waals surface area (Å²) in [5.74, 6) is 1.29. The fourth-order valence-electron chi connectivity index (χ4n) is 2.61. The van der Waals surface area contributed by atoms with E-state index in [4.69, 9.17) is 10.5 Å².